The van der Waals surface area contributed by atoms with E-state index in [4.69, 9.17) is 5.73 Å². The third-order valence-corrected chi connectivity index (χ3v) is 1.74. The molecule has 1 aromatic rings. The summed E-state index contributed by atoms with van der Waals surface area (Å²) >= 11 is 0. The van der Waals surface area contributed by atoms with Crippen molar-refractivity contribution in [3.8, 4) is 0 Å². The Morgan fingerprint density at radius 1 is 1.57 bits per heavy atom. The summed E-state index contributed by atoms with van der Waals surface area (Å²) in [6, 6.07) is 1.55. The molecule has 0 aliphatic rings. The van der Waals surface area contributed by atoms with Crippen LogP contribution in [0.15, 0.2) is 12.3 Å². The largest absolute Gasteiger partial charge is 0.465 e. The van der Waals surface area contributed by atoms with Gasteiger partial charge >= 0.3 is 5.97 Å². The first-order chi connectivity index (χ1) is 6.56. The summed E-state index contributed by atoms with van der Waals surface area (Å²) in [6.07, 6.45) is 1.44. The molecule has 0 unspecified atom stereocenters. The predicted molar refractivity (Wildman–Crippen MR) is 54.3 cm³/mol. The molecule has 0 saturated carbocycles. The zero-order valence-electron chi connectivity index (χ0n) is 8.44. The molecular formula is C9H13N3O2. The molecule has 0 amide bonds. The predicted octanol–water partition coefficient (Wildman–Crippen LogP) is 0.516. The molecule has 0 bridgehead atoms. The summed E-state index contributed by atoms with van der Waals surface area (Å²) in [6.45, 7) is 0. The Morgan fingerprint density at radius 3 is 2.64 bits per heavy atom. The fourth-order valence-corrected chi connectivity index (χ4v) is 1.08. The normalized spacial score (nSPS) is 9.64. The number of hydrogen-bond donors (Lipinski definition) is 1. The topological polar surface area (TPSA) is 68.5 Å². The second-order valence-corrected chi connectivity index (χ2v) is 3.02. The van der Waals surface area contributed by atoms with Gasteiger partial charge in [-0.1, -0.05) is 0 Å². The Balaban J connectivity index is 3.06. The summed E-state index contributed by atoms with van der Waals surface area (Å²) in [5.41, 5.74) is 6.52. The van der Waals surface area contributed by atoms with Gasteiger partial charge in [0, 0.05) is 20.3 Å². The summed E-state index contributed by atoms with van der Waals surface area (Å²) < 4.78 is 4.54. The van der Waals surface area contributed by atoms with Crippen LogP contribution in [0.25, 0.3) is 0 Å². The molecule has 5 nitrogen and oxygen atoms in total. The van der Waals surface area contributed by atoms with E-state index in [9.17, 15) is 4.79 Å². The Bertz CT molecular complexity index is 350. The molecule has 76 valence electrons. The number of carbonyl (C=O) groups excluding carboxylic acids is 1. The molecule has 1 rings (SSSR count). The summed E-state index contributed by atoms with van der Waals surface area (Å²) in [5, 5.41) is 0. The van der Waals surface area contributed by atoms with Gasteiger partial charge < -0.3 is 15.4 Å². The van der Waals surface area contributed by atoms with Crippen LogP contribution < -0.4 is 10.6 Å². The van der Waals surface area contributed by atoms with Gasteiger partial charge in [-0.25, -0.2) is 9.78 Å². The Morgan fingerprint density at radius 2 is 2.21 bits per heavy atom. The molecule has 0 atom stereocenters. The highest BCUT2D eigenvalue weighted by Crippen LogP contribution is 2.18. The number of hydrogen-bond acceptors (Lipinski definition) is 5. The van der Waals surface area contributed by atoms with Crippen LogP contribution in [-0.2, 0) is 4.74 Å². The molecule has 0 saturated heterocycles. The lowest BCUT2D eigenvalue weighted by molar-refractivity contribution is 0.0600. The average Bonchev–Trinajstić information content (AvgIpc) is 2.15. The molecule has 0 aromatic carbocycles. The van der Waals surface area contributed by atoms with E-state index in [2.05, 4.69) is 9.72 Å². The second kappa shape index (κ2) is 3.95. The standard InChI is InChI=1S/C9H13N3O2/c1-12(2)8-7(10)4-6(5-11-8)9(13)14-3/h4-5H,10H2,1-3H3. The van der Waals surface area contributed by atoms with Gasteiger partial charge in [0.1, 0.15) is 0 Å². The highest BCUT2D eigenvalue weighted by molar-refractivity contribution is 5.90. The maximum atomic E-state index is 11.1. The van der Waals surface area contributed by atoms with Crippen molar-refractivity contribution in [2.45, 2.75) is 0 Å². The molecule has 0 radical (unpaired) electrons. The third kappa shape index (κ3) is 1.93. The minimum absolute atomic E-state index is 0.357. The number of pyridine rings is 1. The number of anilines is 2. The zero-order valence-corrected chi connectivity index (χ0v) is 8.44. The lowest BCUT2D eigenvalue weighted by atomic mass is 10.2. The smallest absolute Gasteiger partial charge is 0.339 e. The third-order valence-electron chi connectivity index (χ3n) is 1.74. The van der Waals surface area contributed by atoms with Crippen molar-refractivity contribution < 1.29 is 9.53 Å². The maximum absolute atomic E-state index is 11.1. The van der Waals surface area contributed by atoms with Crippen LogP contribution in [0.3, 0.4) is 0 Å². The second-order valence-electron chi connectivity index (χ2n) is 3.02. The van der Waals surface area contributed by atoms with Crippen molar-refractivity contribution in [2.75, 3.05) is 31.8 Å². The van der Waals surface area contributed by atoms with Crippen LogP contribution in [0, 0.1) is 0 Å². The zero-order chi connectivity index (χ0) is 10.7. The van der Waals surface area contributed by atoms with Crippen molar-refractivity contribution in [1.82, 2.24) is 4.98 Å². The molecule has 1 aromatic heterocycles. The minimum Gasteiger partial charge on any atom is -0.465 e. The van der Waals surface area contributed by atoms with E-state index in [0.29, 0.717) is 17.1 Å². The van der Waals surface area contributed by atoms with Gasteiger partial charge in [-0.05, 0) is 6.07 Å². The van der Waals surface area contributed by atoms with Crippen LogP contribution in [0.2, 0.25) is 0 Å². The van der Waals surface area contributed by atoms with E-state index < -0.39 is 5.97 Å². The van der Waals surface area contributed by atoms with Gasteiger partial charge in [0.25, 0.3) is 0 Å². The van der Waals surface area contributed by atoms with Gasteiger partial charge in [0.2, 0.25) is 0 Å². The van der Waals surface area contributed by atoms with Crippen molar-refractivity contribution in [1.29, 1.82) is 0 Å². The fourth-order valence-electron chi connectivity index (χ4n) is 1.08. The van der Waals surface area contributed by atoms with Crippen molar-refractivity contribution in [3.05, 3.63) is 17.8 Å². The first-order valence-electron chi connectivity index (χ1n) is 4.07. The monoisotopic (exact) mass is 195 g/mol. The number of aromatic nitrogens is 1. The lowest BCUT2D eigenvalue weighted by Gasteiger charge is -2.13. The number of esters is 1. The number of nitrogens with two attached hydrogens (primary N) is 1. The van der Waals surface area contributed by atoms with E-state index >= 15 is 0 Å². The quantitative estimate of drug-likeness (QED) is 0.696. The molecule has 0 aliphatic heterocycles. The van der Waals surface area contributed by atoms with Gasteiger partial charge in [0.15, 0.2) is 5.82 Å². The Kier molecular flexibility index (Phi) is 2.91. The maximum Gasteiger partial charge on any atom is 0.339 e. The summed E-state index contributed by atoms with van der Waals surface area (Å²) in [5.74, 6) is 0.201. The number of rotatable bonds is 2. The highest BCUT2D eigenvalue weighted by Gasteiger charge is 2.09. The molecule has 0 fully saturated rings. The van der Waals surface area contributed by atoms with E-state index in [1.54, 1.807) is 11.0 Å². The van der Waals surface area contributed by atoms with Crippen molar-refractivity contribution in [3.63, 3.8) is 0 Å². The number of methoxy groups -OCH3 is 1. The van der Waals surface area contributed by atoms with Crippen LogP contribution in [0.5, 0.6) is 0 Å². The first-order valence-corrected chi connectivity index (χ1v) is 4.07. The number of nitrogens with zero attached hydrogens (tertiary/aromatic N) is 2. The molecule has 1 heterocycles. The Hall–Kier alpha value is -1.78. The van der Waals surface area contributed by atoms with Crippen LogP contribution in [0.1, 0.15) is 10.4 Å². The summed E-state index contributed by atoms with van der Waals surface area (Å²) in [7, 11) is 4.98. The minimum atomic E-state index is -0.436. The van der Waals surface area contributed by atoms with Gasteiger partial charge in [-0.2, -0.15) is 0 Å². The molecule has 5 heteroatoms. The molecular weight excluding hydrogens is 182 g/mol. The number of nitrogen functional groups attached to an aromatic ring is 1. The first kappa shape index (κ1) is 10.3. The molecule has 0 aliphatic carbocycles. The average molecular weight is 195 g/mol. The van der Waals surface area contributed by atoms with E-state index in [-0.39, 0.29) is 0 Å². The van der Waals surface area contributed by atoms with Crippen LogP contribution in [-0.4, -0.2) is 32.2 Å². The van der Waals surface area contributed by atoms with Crippen LogP contribution >= 0.6 is 0 Å². The van der Waals surface area contributed by atoms with E-state index in [1.165, 1.54) is 13.3 Å². The molecule has 2 N–H and O–H groups in total. The van der Waals surface area contributed by atoms with E-state index in [1.807, 2.05) is 14.1 Å². The Labute approximate surface area is 82.5 Å². The fraction of sp³-hybridized carbons (Fsp3) is 0.333. The van der Waals surface area contributed by atoms with Crippen molar-refractivity contribution >= 4 is 17.5 Å². The number of carbonyl (C=O) groups is 1. The SMILES string of the molecule is COC(=O)c1cnc(N(C)C)c(N)c1. The van der Waals surface area contributed by atoms with Crippen LogP contribution in [0.4, 0.5) is 11.5 Å². The van der Waals surface area contributed by atoms with E-state index in [0.717, 1.165) is 0 Å². The molecule has 14 heavy (non-hydrogen) atoms. The van der Waals surface area contributed by atoms with Gasteiger partial charge in [-0.15, -0.1) is 0 Å². The lowest BCUT2D eigenvalue weighted by Crippen LogP contribution is -2.14. The van der Waals surface area contributed by atoms with Crippen molar-refractivity contribution in [2.24, 2.45) is 0 Å². The number of ether oxygens (including phenoxy) is 1. The molecule has 0 spiro atoms. The summed E-state index contributed by atoms with van der Waals surface area (Å²) in [4.78, 5) is 16.9. The van der Waals surface area contributed by atoms with Gasteiger partial charge in [-0.3, -0.25) is 0 Å². The van der Waals surface area contributed by atoms with Gasteiger partial charge in [0.05, 0.1) is 18.4 Å². The highest BCUT2D eigenvalue weighted by atomic mass is 16.5.